The Balaban J connectivity index is 2.10. The van der Waals surface area contributed by atoms with E-state index in [2.05, 4.69) is 15.3 Å². The van der Waals surface area contributed by atoms with Crippen LogP contribution < -0.4 is 10.1 Å². The van der Waals surface area contributed by atoms with Gasteiger partial charge in [-0.15, -0.1) is 0 Å². The lowest BCUT2D eigenvalue weighted by molar-refractivity contribution is 0.374. The van der Waals surface area contributed by atoms with Crippen LogP contribution in [-0.4, -0.2) is 22.2 Å². The van der Waals surface area contributed by atoms with Gasteiger partial charge in [0.15, 0.2) is 11.5 Å². The maximum Gasteiger partial charge on any atom is 0.162 e. The fourth-order valence-corrected chi connectivity index (χ4v) is 2.41. The molecule has 0 radical (unpaired) electrons. The molecular formula is C16H13ClFN3O2. The maximum atomic E-state index is 13.5. The van der Waals surface area contributed by atoms with E-state index >= 15 is 0 Å². The Bertz CT molecular complexity index is 902. The lowest BCUT2D eigenvalue weighted by atomic mass is 10.1. The normalized spacial score (nSPS) is 10.8. The third-order valence-electron chi connectivity index (χ3n) is 3.46. The number of aromatic nitrogens is 2. The average molecular weight is 334 g/mol. The van der Waals surface area contributed by atoms with Crippen LogP contribution in [0.25, 0.3) is 10.9 Å². The van der Waals surface area contributed by atoms with Crippen LogP contribution in [0.3, 0.4) is 0 Å². The maximum absolute atomic E-state index is 13.5. The van der Waals surface area contributed by atoms with Crippen LogP contribution in [0.1, 0.15) is 5.56 Å². The monoisotopic (exact) mass is 333 g/mol. The Hall–Kier alpha value is -2.60. The summed E-state index contributed by atoms with van der Waals surface area (Å²) < 4.78 is 18.5. The van der Waals surface area contributed by atoms with E-state index in [9.17, 15) is 9.50 Å². The molecule has 0 unspecified atom stereocenters. The first-order valence-corrected chi connectivity index (χ1v) is 7.11. The van der Waals surface area contributed by atoms with Crippen molar-refractivity contribution in [2.24, 2.45) is 0 Å². The van der Waals surface area contributed by atoms with Crippen molar-refractivity contribution in [2.45, 2.75) is 6.92 Å². The zero-order valence-corrected chi connectivity index (χ0v) is 13.1. The number of methoxy groups -OCH3 is 1. The Labute approximate surface area is 136 Å². The minimum atomic E-state index is -0.482. The van der Waals surface area contributed by atoms with Gasteiger partial charge in [0.25, 0.3) is 0 Å². The molecule has 2 aromatic carbocycles. The lowest BCUT2D eigenvalue weighted by Gasteiger charge is -2.12. The molecule has 3 aromatic rings. The molecule has 2 N–H and O–H groups in total. The smallest absolute Gasteiger partial charge is 0.162 e. The van der Waals surface area contributed by atoms with E-state index in [0.29, 0.717) is 33.7 Å². The van der Waals surface area contributed by atoms with E-state index in [1.54, 1.807) is 13.0 Å². The van der Waals surface area contributed by atoms with Gasteiger partial charge in [-0.2, -0.15) is 0 Å². The molecule has 0 aliphatic heterocycles. The molecule has 0 aliphatic rings. The van der Waals surface area contributed by atoms with Gasteiger partial charge in [0.1, 0.15) is 18.0 Å². The first-order valence-electron chi connectivity index (χ1n) is 6.74. The molecule has 5 nitrogen and oxygen atoms in total. The Morgan fingerprint density at radius 3 is 2.74 bits per heavy atom. The fourth-order valence-electron chi connectivity index (χ4n) is 2.24. The zero-order valence-electron chi connectivity index (χ0n) is 12.4. The number of hydrogen-bond acceptors (Lipinski definition) is 5. The number of nitrogens with zero attached hydrogens (tertiary/aromatic N) is 2. The summed E-state index contributed by atoms with van der Waals surface area (Å²) in [6.45, 7) is 1.76. The second-order valence-corrected chi connectivity index (χ2v) is 5.38. The Kier molecular flexibility index (Phi) is 3.92. The van der Waals surface area contributed by atoms with Crippen molar-refractivity contribution in [3.63, 3.8) is 0 Å². The van der Waals surface area contributed by atoms with Crippen molar-refractivity contribution in [1.29, 1.82) is 0 Å². The molecule has 0 bridgehead atoms. The minimum Gasteiger partial charge on any atom is -0.504 e. The number of ether oxygens (including phenoxy) is 1. The van der Waals surface area contributed by atoms with Gasteiger partial charge in [-0.1, -0.05) is 11.6 Å². The summed E-state index contributed by atoms with van der Waals surface area (Å²) >= 11 is 5.83. The second kappa shape index (κ2) is 5.89. The summed E-state index contributed by atoms with van der Waals surface area (Å²) in [5.74, 6) is 0.290. The van der Waals surface area contributed by atoms with Crippen LogP contribution in [0.5, 0.6) is 11.5 Å². The second-order valence-electron chi connectivity index (χ2n) is 4.97. The number of fused-ring (bicyclic) bond motifs is 1. The molecule has 0 aliphatic carbocycles. The number of benzene rings is 2. The first kappa shape index (κ1) is 15.3. The number of anilines is 2. The molecule has 1 aromatic heterocycles. The summed E-state index contributed by atoms with van der Waals surface area (Å²) in [4.78, 5) is 8.34. The Morgan fingerprint density at radius 1 is 1.22 bits per heavy atom. The number of halogens is 2. The molecule has 0 saturated carbocycles. The molecule has 118 valence electrons. The molecule has 0 fully saturated rings. The van der Waals surface area contributed by atoms with Gasteiger partial charge in [0, 0.05) is 17.1 Å². The number of rotatable bonds is 3. The van der Waals surface area contributed by atoms with Crippen LogP contribution in [0.15, 0.2) is 30.6 Å². The van der Waals surface area contributed by atoms with Crippen molar-refractivity contribution in [3.8, 4) is 11.5 Å². The molecule has 23 heavy (non-hydrogen) atoms. The third kappa shape index (κ3) is 2.85. The highest BCUT2D eigenvalue weighted by molar-refractivity contribution is 6.31. The van der Waals surface area contributed by atoms with E-state index in [0.717, 1.165) is 0 Å². The number of aromatic hydroxyl groups is 1. The largest absolute Gasteiger partial charge is 0.504 e. The van der Waals surface area contributed by atoms with E-state index in [4.69, 9.17) is 16.3 Å². The van der Waals surface area contributed by atoms with Crippen molar-refractivity contribution >= 4 is 34.0 Å². The Morgan fingerprint density at radius 2 is 2.00 bits per heavy atom. The van der Waals surface area contributed by atoms with Crippen molar-refractivity contribution < 1.29 is 14.2 Å². The summed E-state index contributed by atoms with van der Waals surface area (Å²) in [6, 6.07) is 5.96. The standard InChI is InChI=1S/C16H13ClFN3O2/c1-8-3-11(18)10(17)5-12(8)21-16-9-4-14(22)15(23-2)6-13(9)19-7-20-16/h3-7,22H,1-2H3,(H,19,20,21). The van der Waals surface area contributed by atoms with Crippen LogP contribution in [0, 0.1) is 12.7 Å². The van der Waals surface area contributed by atoms with Gasteiger partial charge in [-0.25, -0.2) is 14.4 Å². The lowest BCUT2D eigenvalue weighted by Crippen LogP contribution is -1.99. The predicted molar refractivity (Wildman–Crippen MR) is 87.2 cm³/mol. The van der Waals surface area contributed by atoms with E-state index in [1.165, 1.54) is 31.6 Å². The highest BCUT2D eigenvalue weighted by Gasteiger charge is 2.12. The third-order valence-corrected chi connectivity index (χ3v) is 3.75. The summed E-state index contributed by atoms with van der Waals surface area (Å²) in [6.07, 6.45) is 1.39. The summed E-state index contributed by atoms with van der Waals surface area (Å²) in [7, 11) is 1.46. The SMILES string of the molecule is COc1cc2ncnc(Nc3cc(Cl)c(F)cc3C)c2cc1O. The molecule has 0 saturated heterocycles. The molecular weight excluding hydrogens is 321 g/mol. The van der Waals surface area contributed by atoms with Gasteiger partial charge in [0.05, 0.1) is 17.6 Å². The van der Waals surface area contributed by atoms with E-state index in [1.807, 2.05) is 0 Å². The van der Waals surface area contributed by atoms with Gasteiger partial charge < -0.3 is 15.2 Å². The van der Waals surface area contributed by atoms with Gasteiger partial charge in [-0.3, -0.25) is 0 Å². The molecule has 0 spiro atoms. The van der Waals surface area contributed by atoms with Crippen molar-refractivity contribution in [3.05, 3.63) is 47.0 Å². The van der Waals surface area contributed by atoms with Crippen LogP contribution >= 0.6 is 11.6 Å². The van der Waals surface area contributed by atoms with Gasteiger partial charge in [0.2, 0.25) is 0 Å². The average Bonchev–Trinajstić information content (AvgIpc) is 2.52. The van der Waals surface area contributed by atoms with Gasteiger partial charge >= 0.3 is 0 Å². The van der Waals surface area contributed by atoms with E-state index < -0.39 is 5.82 Å². The topological polar surface area (TPSA) is 67.3 Å². The highest BCUT2D eigenvalue weighted by Crippen LogP contribution is 2.34. The summed E-state index contributed by atoms with van der Waals surface area (Å²) in [5.41, 5.74) is 1.89. The molecule has 7 heteroatoms. The van der Waals surface area contributed by atoms with Crippen LogP contribution in [0.2, 0.25) is 5.02 Å². The number of hydrogen-bond donors (Lipinski definition) is 2. The highest BCUT2D eigenvalue weighted by atomic mass is 35.5. The molecule has 1 heterocycles. The van der Waals surface area contributed by atoms with Gasteiger partial charge in [-0.05, 0) is 30.7 Å². The van der Waals surface area contributed by atoms with E-state index in [-0.39, 0.29) is 10.8 Å². The fraction of sp³-hybridized carbons (Fsp3) is 0.125. The van der Waals surface area contributed by atoms with Crippen molar-refractivity contribution in [1.82, 2.24) is 9.97 Å². The number of phenolic OH excluding ortho intramolecular Hbond substituents is 1. The molecule has 3 rings (SSSR count). The molecule has 0 atom stereocenters. The number of aryl methyl sites for hydroxylation is 1. The zero-order chi connectivity index (χ0) is 16.6. The van der Waals surface area contributed by atoms with Crippen molar-refractivity contribution in [2.75, 3.05) is 12.4 Å². The van der Waals surface area contributed by atoms with Crippen LogP contribution in [0.4, 0.5) is 15.9 Å². The number of nitrogens with one attached hydrogen (secondary N) is 1. The number of phenols is 1. The summed E-state index contributed by atoms with van der Waals surface area (Å²) in [5, 5.41) is 13.7. The first-order chi connectivity index (χ1) is 11.0. The van der Waals surface area contributed by atoms with Crippen LogP contribution in [-0.2, 0) is 0 Å². The minimum absolute atomic E-state index is 0.0148. The quantitative estimate of drug-likeness (QED) is 0.752. The molecule has 0 amide bonds. The predicted octanol–water partition coefficient (Wildman–Crippen LogP) is 4.19.